The third-order valence-corrected chi connectivity index (χ3v) is 3.56. The van der Waals surface area contributed by atoms with Crippen LogP contribution in [0.2, 0.25) is 5.02 Å². The van der Waals surface area contributed by atoms with Crippen molar-refractivity contribution >= 4 is 17.3 Å². The second-order valence-corrected chi connectivity index (χ2v) is 5.23. The molecular weight excluding hydrogens is 288 g/mol. The highest BCUT2D eigenvalue weighted by Crippen LogP contribution is 2.22. The van der Waals surface area contributed by atoms with Crippen LogP contribution in [0.4, 0.5) is 5.69 Å². The van der Waals surface area contributed by atoms with Gasteiger partial charge in [0.05, 0.1) is 4.92 Å². The molecule has 110 valence electrons. The van der Waals surface area contributed by atoms with Crippen LogP contribution in [0.5, 0.6) is 0 Å². The molecule has 0 spiro atoms. The van der Waals surface area contributed by atoms with E-state index in [-0.39, 0.29) is 16.7 Å². The van der Waals surface area contributed by atoms with Crippen molar-refractivity contribution in [1.82, 2.24) is 5.32 Å². The molecule has 1 unspecified atom stereocenters. The fraction of sp³-hybridized carbons (Fsp3) is 0.250. The zero-order valence-corrected chi connectivity index (χ0v) is 12.5. The first kappa shape index (κ1) is 15.5. The summed E-state index contributed by atoms with van der Waals surface area (Å²) in [6, 6.07) is 14.6. The van der Waals surface area contributed by atoms with E-state index in [0.29, 0.717) is 5.02 Å². The monoisotopic (exact) mass is 304 g/mol. The molecule has 2 aromatic carbocycles. The molecule has 0 saturated carbocycles. The Kier molecular flexibility index (Phi) is 5.31. The minimum Gasteiger partial charge on any atom is -0.310 e. The van der Waals surface area contributed by atoms with E-state index in [1.54, 1.807) is 24.3 Å². The molecule has 0 aliphatic carbocycles. The molecule has 1 N–H and O–H groups in total. The van der Waals surface area contributed by atoms with E-state index in [1.807, 2.05) is 24.3 Å². The summed E-state index contributed by atoms with van der Waals surface area (Å²) in [7, 11) is 0. The Labute approximate surface area is 128 Å². The summed E-state index contributed by atoms with van der Waals surface area (Å²) >= 11 is 5.92. The summed E-state index contributed by atoms with van der Waals surface area (Å²) in [4.78, 5) is 10.3. The largest absolute Gasteiger partial charge is 0.310 e. The Morgan fingerprint density at radius 2 is 1.76 bits per heavy atom. The molecule has 5 heteroatoms. The van der Waals surface area contributed by atoms with Crippen molar-refractivity contribution in [2.75, 3.05) is 6.54 Å². The molecule has 2 aromatic rings. The van der Waals surface area contributed by atoms with Gasteiger partial charge in [0, 0.05) is 23.2 Å². The molecule has 0 heterocycles. The third kappa shape index (κ3) is 4.28. The maximum Gasteiger partial charge on any atom is 0.269 e. The highest BCUT2D eigenvalue weighted by Gasteiger charge is 2.12. The summed E-state index contributed by atoms with van der Waals surface area (Å²) in [5.41, 5.74) is 2.33. The van der Waals surface area contributed by atoms with Crippen molar-refractivity contribution in [3.8, 4) is 0 Å². The lowest BCUT2D eigenvalue weighted by Gasteiger charge is -2.18. The zero-order valence-electron chi connectivity index (χ0n) is 11.8. The minimum absolute atomic E-state index is 0.116. The molecule has 0 saturated heterocycles. The number of nitro benzene ring substituents is 1. The van der Waals surface area contributed by atoms with Crippen LogP contribution in [-0.4, -0.2) is 11.5 Å². The van der Waals surface area contributed by atoms with Gasteiger partial charge in [0.1, 0.15) is 0 Å². The maximum atomic E-state index is 10.7. The van der Waals surface area contributed by atoms with Gasteiger partial charge in [0.2, 0.25) is 0 Å². The van der Waals surface area contributed by atoms with Crippen LogP contribution in [0.15, 0.2) is 48.5 Å². The molecule has 0 aliphatic rings. The number of nitro groups is 1. The highest BCUT2D eigenvalue weighted by molar-refractivity contribution is 6.30. The van der Waals surface area contributed by atoms with Gasteiger partial charge in [-0.05, 0) is 36.2 Å². The average Bonchev–Trinajstić information content (AvgIpc) is 2.48. The Balaban J connectivity index is 2.15. The van der Waals surface area contributed by atoms with Crippen LogP contribution in [0.25, 0.3) is 0 Å². The first-order valence-corrected chi connectivity index (χ1v) is 7.20. The number of hydrogen-bond acceptors (Lipinski definition) is 3. The summed E-state index contributed by atoms with van der Waals surface area (Å²) in [6.45, 7) is 2.90. The van der Waals surface area contributed by atoms with Crippen molar-refractivity contribution in [1.29, 1.82) is 0 Å². The zero-order chi connectivity index (χ0) is 15.2. The number of hydrogen-bond donors (Lipinski definition) is 1. The molecule has 2 rings (SSSR count). The first-order chi connectivity index (χ1) is 10.1. The van der Waals surface area contributed by atoms with Crippen LogP contribution in [-0.2, 0) is 6.42 Å². The molecule has 0 bridgehead atoms. The number of benzene rings is 2. The fourth-order valence-electron chi connectivity index (χ4n) is 2.24. The molecular formula is C16H17ClN2O2. The summed E-state index contributed by atoms with van der Waals surface area (Å²) in [6.07, 6.45) is 0.771. The lowest BCUT2D eigenvalue weighted by atomic mass is 9.98. The lowest BCUT2D eigenvalue weighted by Crippen LogP contribution is -2.22. The molecule has 0 aromatic heterocycles. The van der Waals surface area contributed by atoms with Gasteiger partial charge < -0.3 is 5.32 Å². The predicted octanol–water partition coefficient (Wildman–Crippen LogP) is 4.14. The van der Waals surface area contributed by atoms with Crippen molar-refractivity contribution in [2.45, 2.75) is 19.4 Å². The average molecular weight is 305 g/mol. The van der Waals surface area contributed by atoms with Gasteiger partial charge in [-0.25, -0.2) is 0 Å². The Hall–Kier alpha value is -1.91. The first-order valence-electron chi connectivity index (χ1n) is 6.82. The van der Waals surface area contributed by atoms with Gasteiger partial charge in [-0.15, -0.1) is 0 Å². The van der Waals surface area contributed by atoms with Gasteiger partial charge in [0.25, 0.3) is 5.69 Å². The van der Waals surface area contributed by atoms with Crippen LogP contribution in [0.1, 0.15) is 24.1 Å². The molecule has 0 amide bonds. The van der Waals surface area contributed by atoms with E-state index >= 15 is 0 Å². The van der Waals surface area contributed by atoms with Crippen molar-refractivity contribution in [2.24, 2.45) is 0 Å². The van der Waals surface area contributed by atoms with Crippen molar-refractivity contribution in [3.63, 3.8) is 0 Å². The fourth-order valence-corrected chi connectivity index (χ4v) is 2.36. The number of nitrogens with one attached hydrogen (secondary N) is 1. The van der Waals surface area contributed by atoms with Gasteiger partial charge in [-0.2, -0.15) is 0 Å². The summed E-state index contributed by atoms with van der Waals surface area (Å²) < 4.78 is 0. The van der Waals surface area contributed by atoms with Crippen molar-refractivity contribution < 1.29 is 4.92 Å². The second kappa shape index (κ2) is 7.20. The molecule has 0 radical (unpaired) electrons. The molecule has 0 aliphatic heterocycles. The number of rotatable bonds is 6. The Morgan fingerprint density at radius 3 is 2.29 bits per heavy atom. The van der Waals surface area contributed by atoms with E-state index in [9.17, 15) is 10.1 Å². The number of halogens is 1. The summed E-state index contributed by atoms with van der Waals surface area (Å²) in [5, 5.41) is 14.8. The van der Waals surface area contributed by atoms with Gasteiger partial charge in [0.15, 0.2) is 0 Å². The second-order valence-electron chi connectivity index (χ2n) is 4.79. The van der Waals surface area contributed by atoms with E-state index in [0.717, 1.165) is 24.1 Å². The lowest BCUT2D eigenvalue weighted by molar-refractivity contribution is -0.384. The van der Waals surface area contributed by atoms with E-state index < -0.39 is 0 Å². The normalized spacial score (nSPS) is 12.1. The number of non-ortho nitro benzene ring substituents is 1. The van der Waals surface area contributed by atoms with Crippen LogP contribution in [0, 0.1) is 10.1 Å². The SMILES string of the molecule is CCNC(Cc1ccc([N+](=O)[O-])cc1)c1ccc(Cl)cc1. The van der Waals surface area contributed by atoms with Gasteiger partial charge in [-0.3, -0.25) is 10.1 Å². The topological polar surface area (TPSA) is 55.2 Å². The molecule has 4 nitrogen and oxygen atoms in total. The number of nitrogens with zero attached hydrogens (tertiary/aromatic N) is 1. The smallest absolute Gasteiger partial charge is 0.269 e. The molecule has 1 atom stereocenters. The maximum absolute atomic E-state index is 10.7. The van der Waals surface area contributed by atoms with Gasteiger partial charge >= 0.3 is 0 Å². The van der Waals surface area contributed by atoms with E-state index in [2.05, 4.69) is 12.2 Å². The van der Waals surface area contributed by atoms with E-state index in [1.165, 1.54) is 0 Å². The van der Waals surface area contributed by atoms with Crippen LogP contribution in [0.3, 0.4) is 0 Å². The standard InChI is InChI=1S/C16H17ClN2O2/c1-2-18-16(13-5-7-14(17)8-6-13)11-12-3-9-15(10-4-12)19(20)21/h3-10,16,18H,2,11H2,1H3. The van der Waals surface area contributed by atoms with Crippen LogP contribution < -0.4 is 5.32 Å². The predicted molar refractivity (Wildman–Crippen MR) is 84.7 cm³/mol. The third-order valence-electron chi connectivity index (χ3n) is 3.31. The Bertz CT molecular complexity index is 597. The quantitative estimate of drug-likeness (QED) is 0.644. The molecule has 0 fully saturated rings. The van der Waals surface area contributed by atoms with Crippen LogP contribution >= 0.6 is 11.6 Å². The van der Waals surface area contributed by atoms with Crippen molar-refractivity contribution in [3.05, 3.63) is 74.8 Å². The minimum atomic E-state index is -0.384. The molecule has 21 heavy (non-hydrogen) atoms. The highest BCUT2D eigenvalue weighted by atomic mass is 35.5. The van der Waals surface area contributed by atoms with E-state index in [4.69, 9.17) is 11.6 Å². The number of likely N-dealkylation sites (N-methyl/N-ethyl adjacent to an activating group) is 1. The summed E-state index contributed by atoms with van der Waals surface area (Å²) in [5.74, 6) is 0. The Morgan fingerprint density at radius 1 is 1.14 bits per heavy atom. The van der Waals surface area contributed by atoms with Gasteiger partial charge in [-0.1, -0.05) is 42.8 Å².